The molecular weight excluding hydrogens is 237 g/mol. The van der Waals surface area contributed by atoms with Crippen LogP contribution in [0.25, 0.3) is 0 Å². The van der Waals surface area contributed by atoms with Gasteiger partial charge in [0.15, 0.2) is 0 Å². The second-order valence-corrected chi connectivity index (χ2v) is 4.88. The first-order chi connectivity index (χ1) is 8.08. The highest BCUT2D eigenvalue weighted by Gasteiger charge is 2.12. The maximum atomic E-state index is 12.7. The summed E-state index contributed by atoms with van der Waals surface area (Å²) in [4.78, 5) is 13.1. The Hall–Kier alpha value is -1.68. The van der Waals surface area contributed by atoms with Gasteiger partial charge in [0.05, 0.1) is 5.56 Å². The molecule has 0 aliphatic rings. The lowest BCUT2D eigenvalue weighted by Gasteiger charge is -2.04. The molecule has 0 unspecified atom stereocenters. The van der Waals surface area contributed by atoms with Crippen molar-refractivity contribution in [1.29, 1.82) is 0 Å². The molecule has 2 nitrogen and oxygen atoms in total. The fourth-order valence-electron chi connectivity index (χ4n) is 1.47. The highest BCUT2D eigenvalue weighted by atomic mass is 32.1. The van der Waals surface area contributed by atoms with Crippen LogP contribution in [0, 0.1) is 19.7 Å². The summed E-state index contributed by atoms with van der Waals surface area (Å²) in [6, 6.07) is 5.73. The average Bonchev–Trinajstić information content (AvgIpc) is 2.63. The summed E-state index contributed by atoms with van der Waals surface area (Å²) in [5.41, 5.74) is 2.27. The van der Waals surface area contributed by atoms with Crippen LogP contribution in [-0.2, 0) is 0 Å². The highest BCUT2D eigenvalue weighted by molar-refractivity contribution is 7.10. The van der Waals surface area contributed by atoms with Crippen LogP contribution in [0.4, 0.5) is 10.1 Å². The van der Waals surface area contributed by atoms with Gasteiger partial charge in [-0.15, -0.1) is 11.3 Å². The molecule has 0 aliphatic heterocycles. The first kappa shape index (κ1) is 11.8. The van der Waals surface area contributed by atoms with Crippen LogP contribution in [0.5, 0.6) is 0 Å². The maximum absolute atomic E-state index is 12.7. The Labute approximate surface area is 103 Å². The fraction of sp³-hybridized carbons (Fsp3) is 0.154. The monoisotopic (exact) mass is 249 g/mol. The second kappa shape index (κ2) is 4.67. The van der Waals surface area contributed by atoms with Crippen molar-refractivity contribution in [2.75, 3.05) is 5.32 Å². The van der Waals surface area contributed by atoms with Crippen molar-refractivity contribution >= 4 is 22.9 Å². The predicted molar refractivity (Wildman–Crippen MR) is 68.1 cm³/mol. The van der Waals surface area contributed by atoms with E-state index in [0.29, 0.717) is 11.3 Å². The normalized spacial score (nSPS) is 10.3. The number of carbonyl (C=O) groups is 1. The number of benzene rings is 1. The SMILES string of the molecule is Cc1scc(C(=O)Nc2ccc(F)cc2)c1C. The van der Waals surface area contributed by atoms with E-state index in [1.54, 1.807) is 23.5 Å². The van der Waals surface area contributed by atoms with E-state index in [1.807, 2.05) is 19.2 Å². The first-order valence-electron chi connectivity index (χ1n) is 5.19. The van der Waals surface area contributed by atoms with Crippen LogP contribution < -0.4 is 5.32 Å². The molecule has 1 heterocycles. The summed E-state index contributed by atoms with van der Waals surface area (Å²) in [5, 5.41) is 4.58. The van der Waals surface area contributed by atoms with Gasteiger partial charge < -0.3 is 5.32 Å². The Morgan fingerprint density at radius 1 is 1.24 bits per heavy atom. The zero-order valence-electron chi connectivity index (χ0n) is 9.58. The summed E-state index contributed by atoms with van der Waals surface area (Å²) < 4.78 is 12.7. The van der Waals surface area contributed by atoms with Crippen molar-refractivity contribution < 1.29 is 9.18 Å². The maximum Gasteiger partial charge on any atom is 0.256 e. The molecule has 2 aromatic rings. The quantitative estimate of drug-likeness (QED) is 0.862. The van der Waals surface area contributed by atoms with Crippen molar-refractivity contribution in [2.45, 2.75) is 13.8 Å². The highest BCUT2D eigenvalue weighted by Crippen LogP contribution is 2.21. The summed E-state index contributed by atoms with van der Waals surface area (Å²) in [6.45, 7) is 3.90. The van der Waals surface area contributed by atoms with Crippen molar-refractivity contribution in [3.05, 3.63) is 51.5 Å². The number of nitrogens with one attached hydrogen (secondary N) is 1. The van der Waals surface area contributed by atoms with Gasteiger partial charge in [-0.05, 0) is 43.7 Å². The van der Waals surface area contributed by atoms with Crippen LogP contribution in [0.15, 0.2) is 29.6 Å². The molecule has 4 heteroatoms. The third-order valence-corrected chi connectivity index (χ3v) is 3.65. The minimum atomic E-state index is -0.314. The number of halogens is 1. The van der Waals surface area contributed by atoms with Crippen LogP contribution in [-0.4, -0.2) is 5.91 Å². The van der Waals surface area contributed by atoms with Gasteiger partial charge in [-0.3, -0.25) is 4.79 Å². The van der Waals surface area contributed by atoms with Crippen LogP contribution in [0.2, 0.25) is 0 Å². The number of thiophene rings is 1. The Morgan fingerprint density at radius 2 is 1.88 bits per heavy atom. The van der Waals surface area contributed by atoms with E-state index in [-0.39, 0.29) is 11.7 Å². The number of hydrogen-bond acceptors (Lipinski definition) is 2. The lowest BCUT2D eigenvalue weighted by Crippen LogP contribution is -2.12. The zero-order valence-corrected chi connectivity index (χ0v) is 10.4. The zero-order chi connectivity index (χ0) is 12.4. The molecule has 1 N–H and O–H groups in total. The van der Waals surface area contributed by atoms with Crippen molar-refractivity contribution in [2.24, 2.45) is 0 Å². The van der Waals surface area contributed by atoms with E-state index in [2.05, 4.69) is 5.32 Å². The third-order valence-electron chi connectivity index (χ3n) is 2.63. The average molecular weight is 249 g/mol. The smallest absolute Gasteiger partial charge is 0.256 e. The molecule has 17 heavy (non-hydrogen) atoms. The number of anilines is 1. The second-order valence-electron chi connectivity index (χ2n) is 3.79. The van der Waals surface area contributed by atoms with E-state index in [0.717, 1.165) is 10.4 Å². The first-order valence-corrected chi connectivity index (χ1v) is 6.07. The molecule has 0 fully saturated rings. The molecule has 1 aromatic heterocycles. The van der Waals surface area contributed by atoms with Crippen LogP contribution in [0.3, 0.4) is 0 Å². The molecule has 0 bridgehead atoms. The van der Waals surface area contributed by atoms with Gasteiger partial charge >= 0.3 is 0 Å². The number of hydrogen-bond donors (Lipinski definition) is 1. The van der Waals surface area contributed by atoms with Gasteiger partial charge in [0.2, 0.25) is 0 Å². The summed E-state index contributed by atoms with van der Waals surface area (Å²) in [6.07, 6.45) is 0. The molecule has 88 valence electrons. The number of carbonyl (C=O) groups excluding carboxylic acids is 1. The van der Waals surface area contributed by atoms with Crippen molar-refractivity contribution in [1.82, 2.24) is 0 Å². The van der Waals surface area contributed by atoms with E-state index >= 15 is 0 Å². The minimum absolute atomic E-state index is 0.154. The van der Waals surface area contributed by atoms with E-state index < -0.39 is 0 Å². The Bertz CT molecular complexity index is 545. The van der Waals surface area contributed by atoms with Gasteiger partial charge in [-0.2, -0.15) is 0 Å². The summed E-state index contributed by atoms with van der Waals surface area (Å²) in [5.74, 6) is -0.469. The van der Waals surface area contributed by atoms with Gasteiger partial charge in [0.1, 0.15) is 5.82 Å². The third kappa shape index (κ3) is 2.53. The lowest BCUT2D eigenvalue weighted by molar-refractivity contribution is 0.102. The number of aryl methyl sites for hydroxylation is 1. The van der Waals surface area contributed by atoms with E-state index in [4.69, 9.17) is 0 Å². The number of rotatable bonds is 2. The molecule has 1 amide bonds. The van der Waals surface area contributed by atoms with Crippen LogP contribution >= 0.6 is 11.3 Å². The van der Waals surface area contributed by atoms with Crippen molar-refractivity contribution in [3.8, 4) is 0 Å². The standard InChI is InChI=1S/C13H12FNOS/c1-8-9(2)17-7-12(8)13(16)15-11-5-3-10(14)4-6-11/h3-7H,1-2H3,(H,15,16). The molecule has 0 atom stereocenters. The van der Waals surface area contributed by atoms with Gasteiger partial charge in [0.25, 0.3) is 5.91 Å². The Morgan fingerprint density at radius 3 is 2.41 bits per heavy atom. The molecule has 0 saturated carbocycles. The Balaban J connectivity index is 2.17. The summed E-state index contributed by atoms with van der Waals surface area (Å²) >= 11 is 1.55. The topological polar surface area (TPSA) is 29.1 Å². The molecular formula is C13H12FNOS. The van der Waals surface area contributed by atoms with Crippen LogP contribution in [0.1, 0.15) is 20.8 Å². The Kier molecular flexibility index (Phi) is 3.24. The van der Waals surface area contributed by atoms with Gasteiger partial charge in [0, 0.05) is 15.9 Å². The fourth-order valence-corrected chi connectivity index (χ4v) is 2.33. The van der Waals surface area contributed by atoms with E-state index in [9.17, 15) is 9.18 Å². The molecule has 0 radical (unpaired) electrons. The van der Waals surface area contributed by atoms with E-state index in [1.165, 1.54) is 12.1 Å². The lowest BCUT2D eigenvalue weighted by atomic mass is 10.1. The molecule has 2 rings (SSSR count). The summed E-state index contributed by atoms with van der Waals surface area (Å²) in [7, 11) is 0. The number of amides is 1. The van der Waals surface area contributed by atoms with Crippen molar-refractivity contribution in [3.63, 3.8) is 0 Å². The molecule has 1 aromatic carbocycles. The molecule has 0 saturated heterocycles. The largest absolute Gasteiger partial charge is 0.322 e. The minimum Gasteiger partial charge on any atom is -0.322 e. The predicted octanol–water partition coefficient (Wildman–Crippen LogP) is 3.76. The molecule has 0 spiro atoms. The van der Waals surface area contributed by atoms with Gasteiger partial charge in [-0.25, -0.2) is 4.39 Å². The molecule has 0 aliphatic carbocycles. The van der Waals surface area contributed by atoms with Gasteiger partial charge in [-0.1, -0.05) is 0 Å².